The average molecular weight is 404 g/mol. The van der Waals surface area contributed by atoms with Crippen molar-refractivity contribution in [2.24, 2.45) is 0 Å². The standard InChI is InChI=1S/C21H20Cl2N2O2/c1-14(16-9-10-17(22)18(23)12-16)25-20(26)13-24-21(19-8-5-11-27-19)15-6-3-2-4-7-15/h2-12,14,21,24H,13H2,1H3,(H,25,26)/p+1/t14-,21-/m0/s1. The van der Waals surface area contributed by atoms with Gasteiger partial charge >= 0.3 is 0 Å². The Morgan fingerprint density at radius 2 is 1.81 bits per heavy atom. The highest BCUT2D eigenvalue weighted by atomic mass is 35.5. The van der Waals surface area contributed by atoms with Crippen molar-refractivity contribution in [3.8, 4) is 0 Å². The zero-order valence-electron chi connectivity index (χ0n) is 14.9. The van der Waals surface area contributed by atoms with Crippen LogP contribution in [0.3, 0.4) is 0 Å². The zero-order valence-corrected chi connectivity index (χ0v) is 16.4. The van der Waals surface area contributed by atoms with Gasteiger partial charge in [0.05, 0.1) is 22.4 Å². The van der Waals surface area contributed by atoms with Gasteiger partial charge in [0.2, 0.25) is 0 Å². The number of halogens is 2. The molecule has 1 heterocycles. The van der Waals surface area contributed by atoms with Crippen LogP contribution < -0.4 is 10.6 Å². The number of benzene rings is 2. The van der Waals surface area contributed by atoms with E-state index >= 15 is 0 Å². The average Bonchev–Trinajstić information content (AvgIpc) is 3.19. The van der Waals surface area contributed by atoms with Gasteiger partial charge in [-0.05, 0) is 36.8 Å². The highest BCUT2D eigenvalue weighted by molar-refractivity contribution is 6.42. The monoisotopic (exact) mass is 403 g/mol. The van der Waals surface area contributed by atoms with E-state index in [2.05, 4.69) is 5.32 Å². The molecule has 0 fully saturated rings. The van der Waals surface area contributed by atoms with Crippen molar-refractivity contribution in [3.63, 3.8) is 0 Å². The van der Waals surface area contributed by atoms with Gasteiger partial charge in [0, 0.05) is 5.56 Å². The molecule has 2 atom stereocenters. The first kappa shape index (κ1) is 19.5. The quantitative estimate of drug-likeness (QED) is 0.623. The van der Waals surface area contributed by atoms with E-state index in [-0.39, 0.29) is 24.5 Å². The Hall–Kier alpha value is -2.27. The minimum Gasteiger partial charge on any atom is -0.463 e. The van der Waals surface area contributed by atoms with Gasteiger partial charge in [-0.1, -0.05) is 59.6 Å². The molecule has 1 amide bonds. The summed E-state index contributed by atoms with van der Waals surface area (Å²) in [6.07, 6.45) is 1.64. The molecule has 0 bridgehead atoms. The Balaban J connectivity index is 1.63. The predicted octanol–water partition coefficient (Wildman–Crippen LogP) is 4.12. The van der Waals surface area contributed by atoms with Crippen LogP contribution in [0.15, 0.2) is 71.3 Å². The Bertz CT molecular complexity index is 882. The van der Waals surface area contributed by atoms with Gasteiger partial charge in [-0.15, -0.1) is 0 Å². The number of hydrogen-bond donors (Lipinski definition) is 2. The number of furan rings is 1. The van der Waals surface area contributed by atoms with Crippen molar-refractivity contribution in [1.29, 1.82) is 0 Å². The van der Waals surface area contributed by atoms with E-state index in [9.17, 15) is 4.79 Å². The molecule has 0 aliphatic carbocycles. The number of nitrogens with two attached hydrogens (primary N) is 1. The van der Waals surface area contributed by atoms with Crippen LogP contribution in [-0.4, -0.2) is 12.5 Å². The molecule has 27 heavy (non-hydrogen) atoms. The summed E-state index contributed by atoms with van der Waals surface area (Å²) in [5.41, 5.74) is 1.99. The summed E-state index contributed by atoms with van der Waals surface area (Å²) in [6, 6.07) is 18.9. The molecular weight excluding hydrogens is 383 g/mol. The van der Waals surface area contributed by atoms with E-state index in [0.717, 1.165) is 16.9 Å². The van der Waals surface area contributed by atoms with Gasteiger partial charge in [-0.2, -0.15) is 0 Å². The lowest BCUT2D eigenvalue weighted by molar-refractivity contribution is -0.678. The molecule has 0 aliphatic rings. The molecule has 2 aromatic carbocycles. The van der Waals surface area contributed by atoms with Crippen LogP contribution in [0.1, 0.15) is 35.9 Å². The molecule has 3 rings (SSSR count). The minimum atomic E-state index is -0.167. The van der Waals surface area contributed by atoms with Crippen molar-refractivity contribution in [2.45, 2.75) is 19.0 Å². The highest BCUT2D eigenvalue weighted by Crippen LogP contribution is 2.25. The molecule has 0 unspecified atom stereocenters. The lowest BCUT2D eigenvalue weighted by Gasteiger charge is -2.17. The van der Waals surface area contributed by atoms with E-state index in [1.165, 1.54) is 0 Å². The van der Waals surface area contributed by atoms with Crippen molar-refractivity contribution in [3.05, 3.63) is 93.9 Å². The first-order valence-electron chi connectivity index (χ1n) is 8.70. The molecule has 4 nitrogen and oxygen atoms in total. The van der Waals surface area contributed by atoms with Crippen LogP contribution >= 0.6 is 23.2 Å². The smallest absolute Gasteiger partial charge is 0.275 e. The van der Waals surface area contributed by atoms with Gasteiger partial charge in [0.25, 0.3) is 5.91 Å². The maximum atomic E-state index is 12.5. The summed E-state index contributed by atoms with van der Waals surface area (Å²) in [5, 5.41) is 5.93. The van der Waals surface area contributed by atoms with Crippen molar-refractivity contribution >= 4 is 29.1 Å². The third-order valence-corrected chi connectivity index (χ3v) is 5.11. The van der Waals surface area contributed by atoms with E-state index < -0.39 is 0 Å². The normalized spacial score (nSPS) is 13.1. The fraction of sp³-hybridized carbons (Fsp3) is 0.190. The Morgan fingerprint density at radius 3 is 2.48 bits per heavy atom. The molecular formula is C21H21Cl2N2O2+. The van der Waals surface area contributed by atoms with Crippen LogP contribution in [0.25, 0.3) is 0 Å². The zero-order chi connectivity index (χ0) is 19.2. The molecule has 0 spiro atoms. The topological polar surface area (TPSA) is 58.9 Å². The molecule has 0 aliphatic heterocycles. The van der Waals surface area contributed by atoms with Crippen LogP contribution in [0.4, 0.5) is 0 Å². The number of carbonyl (C=O) groups is 1. The van der Waals surface area contributed by atoms with E-state index in [1.807, 2.05) is 60.8 Å². The van der Waals surface area contributed by atoms with Crippen molar-refractivity contribution in [1.82, 2.24) is 5.32 Å². The van der Waals surface area contributed by atoms with Crippen molar-refractivity contribution in [2.75, 3.05) is 6.54 Å². The molecule has 140 valence electrons. The minimum absolute atomic E-state index is 0.0685. The molecule has 3 aromatic rings. The molecule has 0 saturated carbocycles. The van der Waals surface area contributed by atoms with Crippen LogP contribution in [0.5, 0.6) is 0 Å². The molecule has 0 radical (unpaired) electrons. The second-order valence-corrected chi connectivity index (χ2v) is 7.12. The van der Waals surface area contributed by atoms with E-state index in [0.29, 0.717) is 10.0 Å². The third-order valence-electron chi connectivity index (χ3n) is 4.37. The summed E-state index contributed by atoms with van der Waals surface area (Å²) < 4.78 is 5.57. The molecule has 3 N–H and O–H groups in total. The summed E-state index contributed by atoms with van der Waals surface area (Å²) in [4.78, 5) is 12.5. The number of rotatable bonds is 7. The summed E-state index contributed by atoms with van der Waals surface area (Å²) in [7, 11) is 0. The Kier molecular flexibility index (Phi) is 6.56. The second-order valence-electron chi connectivity index (χ2n) is 6.31. The summed E-state index contributed by atoms with van der Waals surface area (Å²) in [5.74, 6) is 0.743. The number of hydrogen-bond acceptors (Lipinski definition) is 2. The largest absolute Gasteiger partial charge is 0.463 e. The molecule has 1 aromatic heterocycles. The number of carbonyl (C=O) groups excluding carboxylic acids is 1. The first-order valence-corrected chi connectivity index (χ1v) is 9.46. The fourth-order valence-corrected chi connectivity index (χ4v) is 3.24. The first-order chi connectivity index (χ1) is 13.0. The van der Waals surface area contributed by atoms with Crippen LogP contribution in [-0.2, 0) is 4.79 Å². The van der Waals surface area contributed by atoms with Crippen LogP contribution in [0, 0.1) is 0 Å². The fourth-order valence-electron chi connectivity index (χ4n) is 2.94. The predicted molar refractivity (Wildman–Crippen MR) is 107 cm³/mol. The van der Waals surface area contributed by atoms with Gasteiger partial charge in [-0.3, -0.25) is 4.79 Å². The van der Waals surface area contributed by atoms with Gasteiger partial charge < -0.3 is 15.1 Å². The molecule has 6 heteroatoms. The Morgan fingerprint density at radius 1 is 1.04 bits per heavy atom. The van der Waals surface area contributed by atoms with Crippen LogP contribution in [0.2, 0.25) is 10.0 Å². The number of nitrogens with one attached hydrogen (secondary N) is 1. The van der Waals surface area contributed by atoms with E-state index in [4.69, 9.17) is 27.6 Å². The van der Waals surface area contributed by atoms with Crippen molar-refractivity contribution < 1.29 is 14.5 Å². The Labute approximate surface area is 168 Å². The summed E-state index contributed by atoms with van der Waals surface area (Å²) in [6.45, 7) is 2.19. The highest BCUT2D eigenvalue weighted by Gasteiger charge is 2.22. The maximum Gasteiger partial charge on any atom is 0.275 e. The summed E-state index contributed by atoms with van der Waals surface area (Å²) >= 11 is 12.0. The lowest BCUT2D eigenvalue weighted by atomic mass is 10.0. The van der Waals surface area contributed by atoms with Gasteiger partial charge in [0.15, 0.2) is 18.3 Å². The van der Waals surface area contributed by atoms with Gasteiger partial charge in [-0.25, -0.2) is 0 Å². The maximum absolute atomic E-state index is 12.5. The number of quaternary nitrogens is 1. The lowest BCUT2D eigenvalue weighted by Crippen LogP contribution is -2.87. The SMILES string of the molecule is C[C@H](NC(=O)C[NH2+][C@@H](c1ccccc1)c1ccco1)c1ccc(Cl)c(Cl)c1. The van der Waals surface area contributed by atoms with E-state index in [1.54, 1.807) is 18.4 Å². The molecule has 0 saturated heterocycles. The van der Waals surface area contributed by atoms with Gasteiger partial charge in [0.1, 0.15) is 0 Å². The second kappa shape index (κ2) is 9.09. The number of amides is 1. The third kappa shape index (κ3) is 5.13.